The van der Waals surface area contributed by atoms with E-state index >= 15 is 0 Å². The first kappa shape index (κ1) is 15.8. The van der Waals surface area contributed by atoms with Crippen molar-refractivity contribution < 1.29 is 9.53 Å². The number of halogens is 1. The number of rotatable bonds is 5. The van der Waals surface area contributed by atoms with Gasteiger partial charge in [0.15, 0.2) is 0 Å². The molecule has 0 aliphatic carbocycles. The third-order valence-corrected chi connectivity index (χ3v) is 3.95. The van der Waals surface area contributed by atoms with Crippen LogP contribution in [0.3, 0.4) is 0 Å². The number of nitrogens with one attached hydrogen (secondary N) is 1. The van der Waals surface area contributed by atoms with E-state index in [1.54, 1.807) is 0 Å². The quantitative estimate of drug-likeness (QED) is 0.354. The highest BCUT2D eigenvalue weighted by Crippen LogP contribution is 2.18. The van der Waals surface area contributed by atoms with Crippen LogP contribution in [0, 0.1) is 3.57 Å². The maximum atomic E-state index is 11.5. The van der Waals surface area contributed by atoms with Crippen LogP contribution >= 0.6 is 22.6 Å². The molecule has 1 unspecified atom stereocenters. The molecule has 0 heterocycles. The van der Waals surface area contributed by atoms with Crippen molar-refractivity contribution in [2.75, 3.05) is 0 Å². The maximum Gasteiger partial charge on any atom is 0.241 e. The zero-order valence-corrected chi connectivity index (χ0v) is 13.8. The Morgan fingerprint density at radius 2 is 1.81 bits per heavy atom. The number of carbonyl (C=O) groups excluding carboxylic acids is 1. The number of carbonyl (C=O) groups is 1. The summed E-state index contributed by atoms with van der Waals surface area (Å²) in [5.41, 5.74) is 4.14. The fourth-order valence-electron chi connectivity index (χ4n) is 1.88. The van der Waals surface area contributed by atoms with Crippen molar-refractivity contribution in [3.8, 4) is 5.75 Å². The normalized spacial score (nSPS) is 11.8. The van der Waals surface area contributed by atoms with Gasteiger partial charge in [0, 0.05) is 3.57 Å². The van der Waals surface area contributed by atoms with Crippen LogP contribution in [0.25, 0.3) is 0 Å². The molecule has 0 aromatic heterocycles. The van der Waals surface area contributed by atoms with Gasteiger partial charge in [-0.3, -0.25) is 10.2 Å². The Hall–Kier alpha value is -1.60. The van der Waals surface area contributed by atoms with E-state index in [1.165, 1.54) is 3.57 Å². The lowest BCUT2D eigenvalue weighted by atomic mass is 9.99. The van der Waals surface area contributed by atoms with E-state index in [2.05, 4.69) is 28.0 Å². The monoisotopic (exact) mass is 396 g/mol. The first-order chi connectivity index (χ1) is 10.1. The molecule has 21 heavy (non-hydrogen) atoms. The minimum absolute atomic E-state index is 0.196. The van der Waals surface area contributed by atoms with Crippen LogP contribution in [0.4, 0.5) is 0 Å². The molecular weight excluding hydrogens is 379 g/mol. The highest BCUT2D eigenvalue weighted by Gasteiger charge is 2.13. The van der Waals surface area contributed by atoms with Gasteiger partial charge in [-0.15, -0.1) is 0 Å². The van der Waals surface area contributed by atoms with Crippen molar-refractivity contribution in [2.45, 2.75) is 19.4 Å². The fourth-order valence-corrected chi connectivity index (χ4v) is 2.24. The number of hydrogen-bond donors (Lipinski definition) is 2. The van der Waals surface area contributed by atoms with E-state index in [9.17, 15) is 4.79 Å². The summed E-state index contributed by atoms with van der Waals surface area (Å²) in [6.45, 7) is 2.32. The zero-order chi connectivity index (χ0) is 15.2. The molecule has 0 aliphatic heterocycles. The molecule has 0 radical (unpaired) electrons. The van der Waals surface area contributed by atoms with Crippen LogP contribution < -0.4 is 16.0 Å². The van der Waals surface area contributed by atoms with E-state index in [1.807, 2.05) is 55.5 Å². The second-order valence-electron chi connectivity index (χ2n) is 4.71. The van der Waals surface area contributed by atoms with Crippen LogP contribution in [0.5, 0.6) is 5.75 Å². The highest BCUT2D eigenvalue weighted by atomic mass is 127. The first-order valence-electron chi connectivity index (χ1n) is 6.58. The molecule has 0 spiro atoms. The molecule has 0 saturated heterocycles. The summed E-state index contributed by atoms with van der Waals surface area (Å²) in [7, 11) is 0. The van der Waals surface area contributed by atoms with E-state index in [4.69, 9.17) is 10.6 Å². The minimum atomic E-state index is -0.263. The molecule has 0 aliphatic rings. The maximum absolute atomic E-state index is 11.5. The SMILES string of the molecule is CC(C(=O)NN)c1ccc(COc2ccc(I)cc2)cc1. The third kappa shape index (κ3) is 4.44. The molecule has 1 atom stereocenters. The van der Waals surface area contributed by atoms with Crippen LogP contribution in [0.2, 0.25) is 0 Å². The van der Waals surface area contributed by atoms with Gasteiger partial charge >= 0.3 is 0 Å². The Morgan fingerprint density at radius 1 is 1.19 bits per heavy atom. The summed E-state index contributed by atoms with van der Waals surface area (Å²) in [6, 6.07) is 15.7. The molecule has 0 bridgehead atoms. The smallest absolute Gasteiger partial charge is 0.241 e. The Morgan fingerprint density at radius 3 is 2.38 bits per heavy atom. The van der Waals surface area contributed by atoms with Crippen molar-refractivity contribution in [1.82, 2.24) is 5.43 Å². The number of nitrogens with two attached hydrogens (primary N) is 1. The predicted molar refractivity (Wildman–Crippen MR) is 90.7 cm³/mol. The van der Waals surface area contributed by atoms with Gasteiger partial charge in [0.2, 0.25) is 5.91 Å². The van der Waals surface area contributed by atoms with Gasteiger partial charge in [-0.1, -0.05) is 24.3 Å². The van der Waals surface area contributed by atoms with Crippen molar-refractivity contribution in [2.24, 2.45) is 5.84 Å². The highest BCUT2D eigenvalue weighted by molar-refractivity contribution is 14.1. The molecule has 110 valence electrons. The fraction of sp³-hybridized carbons (Fsp3) is 0.188. The second kappa shape index (κ2) is 7.42. The lowest BCUT2D eigenvalue weighted by Crippen LogP contribution is -2.33. The molecule has 4 nitrogen and oxygen atoms in total. The van der Waals surface area contributed by atoms with Crippen LogP contribution in [0.1, 0.15) is 24.0 Å². The van der Waals surface area contributed by atoms with Gasteiger partial charge in [-0.05, 0) is 64.9 Å². The molecule has 2 aromatic carbocycles. The van der Waals surface area contributed by atoms with Crippen molar-refractivity contribution in [3.05, 3.63) is 63.2 Å². The number of benzene rings is 2. The number of hydrogen-bond acceptors (Lipinski definition) is 3. The Balaban J connectivity index is 1.96. The third-order valence-electron chi connectivity index (χ3n) is 3.23. The first-order valence-corrected chi connectivity index (χ1v) is 7.65. The molecule has 1 amide bonds. The topological polar surface area (TPSA) is 64.4 Å². The molecule has 3 N–H and O–H groups in total. The van der Waals surface area contributed by atoms with E-state index < -0.39 is 0 Å². The molecular formula is C16H17IN2O2. The van der Waals surface area contributed by atoms with Gasteiger partial charge in [0.05, 0.1) is 5.92 Å². The number of hydrazine groups is 1. The second-order valence-corrected chi connectivity index (χ2v) is 5.96. The average Bonchev–Trinajstić information content (AvgIpc) is 2.53. The molecule has 0 saturated carbocycles. The minimum Gasteiger partial charge on any atom is -0.489 e. The standard InChI is InChI=1S/C16H17IN2O2/c1-11(16(20)19-18)13-4-2-12(3-5-13)10-21-15-8-6-14(17)7-9-15/h2-9,11H,10,18H2,1H3,(H,19,20). The molecule has 5 heteroatoms. The van der Waals surface area contributed by atoms with Crippen LogP contribution in [-0.4, -0.2) is 5.91 Å². The summed E-state index contributed by atoms with van der Waals surface area (Å²) in [5, 5.41) is 0. The van der Waals surface area contributed by atoms with Gasteiger partial charge in [-0.2, -0.15) is 0 Å². The summed E-state index contributed by atoms with van der Waals surface area (Å²) < 4.78 is 6.89. The Kier molecular flexibility index (Phi) is 5.58. The Labute approximate surface area is 137 Å². The van der Waals surface area contributed by atoms with Gasteiger partial charge in [0.1, 0.15) is 12.4 Å². The molecule has 2 rings (SSSR count). The predicted octanol–water partition coefficient (Wildman–Crippen LogP) is 2.96. The zero-order valence-electron chi connectivity index (χ0n) is 11.7. The van der Waals surface area contributed by atoms with E-state index in [-0.39, 0.29) is 11.8 Å². The summed E-state index contributed by atoms with van der Waals surface area (Å²) in [5.74, 6) is 5.53. The van der Waals surface area contributed by atoms with Gasteiger partial charge in [-0.25, -0.2) is 5.84 Å². The molecule has 2 aromatic rings. The van der Waals surface area contributed by atoms with Crippen molar-refractivity contribution >= 4 is 28.5 Å². The van der Waals surface area contributed by atoms with Crippen LogP contribution in [0.15, 0.2) is 48.5 Å². The van der Waals surface area contributed by atoms with Crippen molar-refractivity contribution in [3.63, 3.8) is 0 Å². The lowest BCUT2D eigenvalue weighted by molar-refractivity contribution is -0.122. The summed E-state index contributed by atoms with van der Waals surface area (Å²) >= 11 is 2.26. The number of amides is 1. The average molecular weight is 396 g/mol. The van der Waals surface area contributed by atoms with E-state index in [0.29, 0.717) is 6.61 Å². The molecule has 0 fully saturated rings. The van der Waals surface area contributed by atoms with E-state index in [0.717, 1.165) is 16.9 Å². The van der Waals surface area contributed by atoms with Gasteiger partial charge < -0.3 is 4.74 Å². The van der Waals surface area contributed by atoms with Gasteiger partial charge in [0.25, 0.3) is 0 Å². The summed E-state index contributed by atoms with van der Waals surface area (Å²) in [4.78, 5) is 11.5. The van der Waals surface area contributed by atoms with Crippen LogP contribution in [-0.2, 0) is 11.4 Å². The number of ether oxygens (including phenoxy) is 1. The van der Waals surface area contributed by atoms with Crippen molar-refractivity contribution in [1.29, 1.82) is 0 Å². The summed E-state index contributed by atoms with van der Waals surface area (Å²) in [6.07, 6.45) is 0. The largest absolute Gasteiger partial charge is 0.489 e. The lowest BCUT2D eigenvalue weighted by Gasteiger charge is -2.11. The Bertz CT molecular complexity index is 597.